The van der Waals surface area contributed by atoms with Crippen molar-refractivity contribution in [1.82, 2.24) is 5.32 Å². The van der Waals surface area contributed by atoms with Gasteiger partial charge in [0.05, 0.1) is 7.11 Å². The summed E-state index contributed by atoms with van der Waals surface area (Å²) >= 11 is 0. The van der Waals surface area contributed by atoms with E-state index in [0.29, 0.717) is 5.92 Å². The average molecular weight is 287 g/mol. The Bertz CT molecular complexity index is 568. The Morgan fingerprint density at radius 2 is 2.00 bits per heavy atom. The van der Waals surface area contributed by atoms with Crippen molar-refractivity contribution in [2.45, 2.75) is 26.3 Å². The Labute approximate surface area is 126 Å². The summed E-state index contributed by atoms with van der Waals surface area (Å²) in [6.07, 6.45) is 2.13. The van der Waals surface area contributed by atoms with Gasteiger partial charge in [0.1, 0.15) is 5.75 Å². The minimum atomic E-state index is 0.275. The molecule has 2 aromatic carbocycles. The Morgan fingerprint density at radius 1 is 1.19 bits per heavy atom. The average Bonchev–Trinajstić information content (AvgIpc) is 2.54. The molecule has 0 heterocycles. The minimum absolute atomic E-state index is 0.275. The van der Waals surface area contributed by atoms with E-state index in [1.165, 1.54) is 16.3 Å². The molecule has 2 N–H and O–H groups in total. The summed E-state index contributed by atoms with van der Waals surface area (Å²) in [7, 11) is 1.72. The van der Waals surface area contributed by atoms with Crippen LogP contribution in [0.15, 0.2) is 36.4 Å². The second kappa shape index (κ2) is 8.01. The third-order valence-corrected chi connectivity index (χ3v) is 3.88. The van der Waals surface area contributed by atoms with Crippen LogP contribution in [0.25, 0.3) is 10.8 Å². The summed E-state index contributed by atoms with van der Waals surface area (Å²) in [6.45, 7) is 4.11. The van der Waals surface area contributed by atoms with E-state index in [2.05, 4.69) is 42.6 Å². The van der Waals surface area contributed by atoms with Crippen molar-refractivity contribution in [3.8, 4) is 5.75 Å². The maximum absolute atomic E-state index is 9.02. The molecule has 1 atom stereocenters. The molecule has 21 heavy (non-hydrogen) atoms. The van der Waals surface area contributed by atoms with Gasteiger partial charge in [-0.25, -0.2) is 0 Å². The predicted octanol–water partition coefficient (Wildman–Crippen LogP) is 3.35. The summed E-state index contributed by atoms with van der Waals surface area (Å²) < 4.78 is 5.49. The largest absolute Gasteiger partial charge is 0.496 e. The SMILES string of the molecule is COc1ccc2ccccc2c1CNCCCC(C)CO. The standard InChI is InChI=1S/C18H25NO2/c1-14(13-20)6-5-11-19-12-17-16-8-4-3-7-15(16)9-10-18(17)21-2/h3-4,7-10,14,19-20H,5-6,11-13H2,1-2H3. The van der Waals surface area contributed by atoms with Crippen LogP contribution in [-0.4, -0.2) is 25.4 Å². The third kappa shape index (κ3) is 4.19. The molecule has 0 aliphatic rings. The van der Waals surface area contributed by atoms with E-state index in [4.69, 9.17) is 9.84 Å². The van der Waals surface area contributed by atoms with Gasteiger partial charge < -0.3 is 15.2 Å². The van der Waals surface area contributed by atoms with Crippen LogP contribution in [0.3, 0.4) is 0 Å². The van der Waals surface area contributed by atoms with Crippen molar-refractivity contribution in [3.63, 3.8) is 0 Å². The molecular weight excluding hydrogens is 262 g/mol. The second-order valence-corrected chi connectivity index (χ2v) is 5.57. The van der Waals surface area contributed by atoms with Crippen molar-refractivity contribution in [2.24, 2.45) is 5.92 Å². The van der Waals surface area contributed by atoms with E-state index < -0.39 is 0 Å². The number of aliphatic hydroxyl groups excluding tert-OH is 1. The maximum atomic E-state index is 9.02. The van der Waals surface area contributed by atoms with Gasteiger partial charge in [-0.2, -0.15) is 0 Å². The number of benzene rings is 2. The highest BCUT2D eigenvalue weighted by atomic mass is 16.5. The van der Waals surface area contributed by atoms with Gasteiger partial charge in [0, 0.05) is 18.7 Å². The van der Waals surface area contributed by atoms with Crippen molar-refractivity contribution >= 4 is 10.8 Å². The molecule has 3 heteroatoms. The van der Waals surface area contributed by atoms with Gasteiger partial charge in [-0.15, -0.1) is 0 Å². The molecule has 0 radical (unpaired) electrons. The number of ether oxygens (including phenoxy) is 1. The molecule has 0 amide bonds. The molecule has 0 aliphatic carbocycles. The number of methoxy groups -OCH3 is 1. The predicted molar refractivity (Wildman–Crippen MR) is 87.7 cm³/mol. The van der Waals surface area contributed by atoms with Crippen LogP contribution in [0.1, 0.15) is 25.3 Å². The third-order valence-electron chi connectivity index (χ3n) is 3.88. The lowest BCUT2D eigenvalue weighted by molar-refractivity contribution is 0.228. The molecule has 2 aromatic rings. The quantitative estimate of drug-likeness (QED) is 0.732. The molecule has 0 bridgehead atoms. The monoisotopic (exact) mass is 287 g/mol. The summed E-state index contributed by atoms with van der Waals surface area (Å²) in [5, 5.41) is 15.0. The van der Waals surface area contributed by atoms with Gasteiger partial charge in [0.2, 0.25) is 0 Å². The highest BCUT2D eigenvalue weighted by Gasteiger charge is 2.07. The van der Waals surface area contributed by atoms with E-state index in [1.54, 1.807) is 7.11 Å². The first-order valence-corrected chi connectivity index (χ1v) is 7.62. The molecular formula is C18H25NO2. The number of nitrogens with one attached hydrogen (secondary N) is 1. The fourth-order valence-corrected chi connectivity index (χ4v) is 2.57. The number of aliphatic hydroxyl groups is 1. The molecule has 1 unspecified atom stereocenters. The second-order valence-electron chi connectivity index (χ2n) is 5.57. The summed E-state index contributed by atoms with van der Waals surface area (Å²) in [5.41, 5.74) is 1.21. The minimum Gasteiger partial charge on any atom is -0.496 e. The van der Waals surface area contributed by atoms with Crippen LogP contribution in [-0.2, 0) is 6.54 Å². The van der Waals surface area contributed by atoms with Gasteiger partial charge in [-0.05, 0) is 42.1 Å². The van der Waals surface area contributed by atoms with Crippen molar-refractivity contribution in [3.05, 3.63) is 42.0 Å². The van der Waals surface area contributed by atoms with E-state index in [1.807, 2.05) is 6.07 Å². The van der Waals surface area contributed by atoms with Gasteiger partial charge in [-0.3, -0.25) is 0 Å². The topological polar surface area (TPSA) is 41.5 Å². The van der Waals surface area contributed by atoms with E-state index in [9.17, 15) is 0 Å². The Morgan fingerprint density at radius 3 is 2.76 bits per heavy atom. The molecule has 2 rings (SSSR count). The highest BCUT2D eigenvalue weighted by Crippen LogP contribution is 2.27. The van der Waals surface area contributed by atoms with Crippen LogP contribution in [0.5, 0.6) is 5.75 Å². The molecule has 0 saturated carbocycles. The Hall–Kier alpha value is -1.58. The zero-order chi connectivity index (χ0) is 15.1. The molecule has 0 aliphatic heterocycles. The van der Waals surface area contributed by atoms with Gasteiger partial charge in [-0.1, -0.05) is 37.3 Å². The van der Waals surface area contributed by atoms with Crippen molar-refractivity contribution < 1.29 is 9.84 Å². The highest BCUT2D eigenvalue weighted by molar-refractivity contribution is 5.87. The number of hydrogen-bond donors (Lipinski definition) is 2. The van der Waals surface area contributed by atoms with E-state index in [0.717, 1.165) is 31.7 Å². The number of rotatable bonds is 8. The van der Waals surface area contributed by atoms with E-state index >= 15 is 0 Å². The zero-order valence-electron chi connectivity index (χ0n) is 12.9. The first-order chi connectivity index (χ1) is 10.3. The Kier molecular flexibility index (Phi) is 6.03. The lowest BCUT2D eigenvalue weighted by Crippen LogP contribution is -2.16. The van der Waals surface area contributed by atoms with Crippen molar-refractivity contribution in [1.29, 1.82) is 0 Å². The van der Waals surface area contributed by atoms with Crippen molar-refractivity contribution in [2.75, 3.05) is 20.3 Å². The lowest BCUT2D eigenvalue weighted by Gasteiger charge is -2.13. The molecule has 3 nitrogen and oxygen atoms in total. The van der Waals surface area contributed by atoms with E-state index in [-0.39, 0.29) is 6.61 Å². The molecule has 0 saturated heterocycles. The van der Waals surface area contributed by atoms with Crippen LogP contribution >= 0.6 is 0 Å². The normalized spacial score (nSPS) is 12.5. The number of hydrogen-bond acceptors (Lipinski definition) is 3. The molecule has 0 spiro atoms. The summed E-state index contributed by atoms with van der Waals surface area (Å²) in [5.74, 6) is 1.32. The first-order valence-electron chi connectivity index (χ1n) is 7.62. The molecule has 0 aromatic heterocycles. The first kappa shape index (κ1) is 15.8. The Balaban J connectivity index is 2.00. The van der Waals surface area contributed by atoms with Crippen LogP contribution in [0, 0.1) is 5.92 Å². The van der Waals surface area contributed by atoms with Crippen LogP contribution in [0.2, 0.25) is 0 Å². The summed E-state index contributed by atoms with van der Waals surface area (Å²) in [4.78, 5) is 0. The molecule has 0 fully saturated rings. The summed E-state index contributed by atoms with van der Waals surface area (Å²) in [6, 6.07) is 12.5. The molecule has 114 valence electrons. The van der Waals surface area contributed by atoms with Gasteiger partial charge in [0.25, 0.3) is 0 Å². The van der Waals surface area contributed by atoms with Crippen LogP contribution in [0.4, 0.5) is 0 Å². The van der Waals surface area contributed by atoms with Crippen LogP contribution < -0.4 is 10.1 Å². The number of fused-ring (bicyclic) bond motifs is 1. The maximum Gasteiger partial charge on any atom is 0.123 e. The fourth-order valence-electron chi connectivity index (χ4n) is 2.57. The fraction of sp³-hybridized carbons (Fsp3) is 0.444. The smallest absolute Gasteiger partial charge is 0.123 e. The van der Waals surface area contributed by atoms with Gasteiger partial charge in [0.15, 0.2) is 0 Å². The zero-order valence-corrected chi connectivity index (χ0v) is 12.9. The lowest BCUT2D eigenvalue weighted by atomic mass is 10.0. The van der Waals surface area contributed by atoms with Gasteiger partial charge >= 0.3 is 0 Å².